The lowest BCUT2D eigenvalue weighted by molar-refractivity contribution is 0.0154. The molecule has 3 aromatic rings. The fourth-order valence-corrected chi connectivity index (χ4v) is 2.91. The van der Waals surface area contributed by atoms with E-state index >= 15 is 0 Å². The number of likely N-dealkylation sites (tertiary alicyclic amines) is 1. The number of hydrogen-bond donors (Lipinski definition) is 0. The third-order valence-electron chi connectivity index (χ3n) is 4.19. The Labute approximate surface area is 144 Å². The Morgan fingerprint density at radius 2 is 2.20 bits per heavy atom. The van der Waals surface area contributed by atoms with Crippen molar-refractivity contribution in [2.75, 3.05) is 13.1 Å². The van der Waals surface area contributed by atoms with Crippen LogP contribution in [0.2, 0.25) is 0 Å². The first-order valence-electron chi connectivity index (χ1n) is 7.91. The zero-order valence-electron chi connectivity index (χ0n) is 13.6. The molecule has 1 fully saturated rings. The average molecular weight is 333 g/mol. The van der Waals surface area contributed by atoms with Gasteiger partial charge in [0, 0.05) is 18.5 Å². The molecule has 7 heteroatoms. The van der Waals surface area contributed by atoms with Crippen LogP contribution in [0.15, 0.2) is 42.7 Å². The van der Waals surface area contributed by atoms with Crippen LogP contribution in [-0.4, -0.2) is 44.4 Å². The summed E-state index contributed by atoms with van der Waals surface area (Å²) in [5, 5.41) is 8.91. The zero-order valence-corrected chi connectivity index (χ0v) is 13.6. The smallest absolute Gasteiger partial charge is 0.273 e. The number of imidazole rings is 1. The van der Waals surface area contributed by atoms with E-state index in [2.05, 4.69) is 16.0 Å². The highest BCUT2D eigenvalue weighted by molar-refractivity contribution is 5.95. The molecule has 7 nitrogen and oxygen atoms in total. The molecule has 0 bridgehead atoms. The molecule has 1 aliphatic rings. The quantitative estimate of drug-likeness (QED) is 0.730. The molecule has 1 aliphatic heterocycles. The number of carbonyl (C=O) groups excluding carboxylic acids is 1. The van der Waals surface area contributed by atoms with E-state index in [1.807, 2.05) is 35.7 Å². The van der Waals surface area contributed by atoms with E-state index in [0.717, 1.165) is 5.65 Å². The van der Waals surface area contributed by atoms with Crippen molar-refractivity contribution in [1.29, 1.82) is 5.26 Å². The molecule has 0 radical (unpaired) electrons. The van der Waals surface area contributed by atoms with E-state index in [4.69, 9.17) is 10.00 Å². The van der Waals surface area contributed by atoms with Crippen LogP contribution < -0.4 is 4.74 Å². The first-order chi connectivity index (χ1) is 12.2. The van der Waals surface area contributed by atoms with Crippen LogP contribution in [0.25, 0.3) is 5.65 Å². The Bertz CT molecular complexity index is 998. The van der Waals surface area contributed by atoms with Gasteiger partial charge in [0.25, 0.3) is 5.91 Å². The summed E-state index contributed by atoms with van der Waals surface area (Å²) in [4.78, 5) is 23.0. The summed E-state index contributed by atoms with van der Waals surface area (Å²) in [5.41, 5.74) is 2.55. The van der Waals surface area contributed by atoms with Gasteiger partial charge in [0.2, 0.25) is 5.88 Å². The van der Waals surface area contributed by atoms with Gasteiger partial charge >= 0.3 is 0 Å². The largest absolute Gasteiger partial charge is 0.471 e. The standard InChI is InChI=1S/C18H15N5O2/c1-12-17(23-7-3-2-4-15(23)21-12)18(24)22-10-14(11-22)25-16-8-13(9-19)5-6-20-16/h2-8,14H,10-11H2,1H3. The van der Waals surface area contributed by atoms with Crippen molar-refractivity contribution in [3.63, 3.8) is 0 Å². The first-order valence-corrected chi connectivity index (χ1v) is 7.91. The number of rotatable bonds is 3. The predicted molar refractivity (Wildman–Crippen MR) is 89.2 cm³/mol. The molecular formula is C18H15N5O2. The van der Waals surface area contributed by atoms with Gasteiger partial charge in [0.05, 0.1) is 30.4 Å². The summed E-state index contributed by atoms with van der Waals surface area (Å²) in [6, 6.07) is 10.9. The van der Waals surface area contributed by atoms with Crippen LogP contribution >= 0.6 is 0 Å². The van der Waals surface area contributed by atoms with Gasteiger partial charge in [-0.2, -0.15) is 5.26 Å². The summed E-state index contributed by atoms with van der Waals surface area (Å²) in [7, 11) is 0. The molecular weight excluding hydrogens is 318 g/mol. The molecule has 0 aromatic carbocycles. The molecule has 0 aliphatic carbocycles. The van der Waals surface area contributed by atoms with E-state index in [1.54, 1.807) is 17.0 Å². The average Bonchev–Trinajstić information content (AvgIpc) is 2.93. The third-order valence-corrected chi connectivity index (χ3v) is 4.19. The van der Waals surface area contributed by atoms with Gasteiger partial charge in [-0.1, -0.05) is 6.07 Å². The Morgan fingerprint density at radius 1 is 1.36 bits per heavy atom. The number of hydrogen-bond acceptors (Lipinski definition) is 5. The highest BCUT2D eigenvalue weighted by atomic mass is 16.5. The van der Waals surface area contributed by atoms with Crippen molar-refractivity contribution in [2.24, 2.45) is 0 Å². The minimum Gasteiger partial charge on any atom is -0.471 e. The van der Waals surface area contributed by atoms with Gasteiger partial charge in [-0.05, 0) is 25.1 Å². The lowest BCUT2D eigenvalue weighted by Gasteiger charge is -2.38. The number of nitrogens with zero attached hydrogens (tertiary/aromatic N) is 5. The number of aryl methyl sites for hydroxylation is 1. The van der Waals surface area contributed by atoms with Crippen molar-refractivity contribution in [2.45, 2.75) is 13.0 Å². The van der Waals surface area contributed by atoms with Crippen LogP contribution in [0.5, 0.6) is 5.88 Å². The summed E-state index contributed by atoms with van der Waals surface area (Å²) < 4.78 is 7.54. The highest BCUT2D eigenvalue weighted by Gasteiger charge is 2.35. The molecule has 0 atom stereocenters. The molecule has 1 amide bonds. The molecule has 1 saturated heterocycles. The van der Waals surface area contributed by atoms with Crippen molar-refractivity contribution < 1.29 is 9.53 Å². The van der Waals surface area contributed by atoms with Gasteiger partial charge in [-0.25, -0.2) is 9.97 Å². The van der Waals surface area contributed by atoms with Crippen LogP contribution in [-0.2, 0) is 0 Å². The first kappa shape index (κ1) is 15.1. The number of aromatic nitrogens is 3. The fourth-order valence-electron chi connectivity index (χ4n) is 2.91. The number of ether oxygens (including phenoxy) is 1. The van der Waals surface area contributed by atoms with Crippen LogP contribution in [0.4, 0.5) is 0 Å². The minimum absolute atomic E-state index is 0.0604. The normalized spacial score (nSPS) is 14.2. The number of pyridine rings is 2. The van der Waals surface area contributed by atoms with E-state index in [-0.39, 0.29) is 12.0 Å². The van der Waals surface area contributed by atoms with Gasteiger partial charge in [0.15, 0.2) is 0 Å². The topological polar surface area (TPSA) is 83.5 Å². The molecule has 0 spiro atoms. The summed E-state index contributed by atoms with van der Waals surface area (Å²) in [6.45, 7) is 2.80. The summed E-state index contributed by atoms with van der Waals surface area (Å²) >= 11 is 0. The number of carbonyl (C=O) groups is 1. The number of nitriles is 1. The van der Waals surface area contributed by atoms with Crippen LogP contribution in [0.1, 0.15) is 21.7 Å². The molecule has 0 saturated carbocycles. The predicted octanol–water partition coefficient (Wildman–Crippen LogP) is 1.81. The Balaban J connectivity index is 1.46. The maximum Gasteiger partial charge on any atom is 0.273 e. The Hall–Kier alpha value is -3.40. The van der Waals surface area contributed by atoms with Gasteiger partial charge < -0.3 is 9.64 Å². The van der Waals surface area contributed by atoms with Crippen molar-refractivity contribution >= 4 is 11.6 Å². The Kier molecular flexibility index (Phi) is 3.58. The summed E-state index contributed by atoms with van der Waals surface area (Å²) in [6.07, 6.45) is 3.26. The second kappa shape index (κ2) is 5.91. The van der Waals surface area contributed by atoms with Gasteiger partial charge in [-0.3, -0.25) is 9.20 Å². The Morgan fingerprint density at radius 3 is 3.00 bits per heavy atom. The van der Waals surface area contributed by atoms with Crippen molar-refractivity contribution in [3.05, 3.63) is 59.7 Å². The lowest BCUT2D eigenvalue weighted by atomic mass is 10.1. The third kappa shape index (κ3) is 2.68. The molecule has 25 heavy (non-hydrogen) atoms. The molecule has 4 heterocycles. The summed E-state index contributed by atoms with van der Waals surface area (Å²) in [5.74, 6) is 0.344. The van der Waals surface area contributed by atoms with E-state index in [1.165, 1.54) is 6.20 Å². The van der Waals surface area contributed by atoms with Crippen molar-refractivity contribution in [3.8, 4) is 11.9 Å². The molecule has 0 N–H and O–H groups in total. The molecule has 4 rings (SSSR count). The van der Waals surface area contributed by atoms with Gasteiger partial charge in [-0.15, -0.1) is 0 Å². The fraction of sp³-hybridized carbons (Fsp3) is 0.222. The van der Waals surface area contributed by atoms with Crippen LogP contribution in [0.3, 0.4) is 0 Å². The SMILES string of the molecule is Cc1nc2ccccn2c1C(=O)N1CC(Oc2cc(C#N)ccn2)C1. The van der Waals surface area contributed by atoms with E-state index in [9.17, 15) is 4.79 Å². The monoisotopic (exact) mass is 333 g/mol. The van der Waals surface area contributed by atoms with Crippen LogP contribution in [0, 0.1) is 18.3 Å². The van der Waals surface area contributed by atoms with Gasteiger partial charge in [0.1, 0.15) is 17.4 Å². The zero-order chi connectivity index (χ0) is 17.4. The number of fused-ring (bicyclic) bond motifs is 1. The maximum absolute atomic E-state index is 12.8. The molecule has 124 valence electrons. The minimum atomic E-state index is -0.120. The maximum atomic E-state index is 12.8. The molecule has 0 unspecified atom stereocenters. The lowest BCUT2D eigenvalue weighted by Crippen LogP contribution is -2.56. The van der Waals surface area contributed by atoms with E-state index in [0.29, 0.717) is 35.9 Å². The van der Waals surface area contributed by atoms with Crippen molar-refractivity contribution in [1.82, 2.24) is 19.3 Å². The molecule has 3 aromatic heterocycles. The highest BCUT2D eigenvalue weighted by Crippen LogP contribution is 2.21. The van der Waals surface area contributed by atoms with E-state index < -0.39 is 0 Å². The second-order valence-electron chi connectivity index (χ2n) is 5.92. The number of amides is 1. The second-order valence-corrected chi connectivity index (χ2v) is 5.92.